The number of hydrogen-bond acceptors (Lipinski definition) is 7. The monoisotopic (exact) mass is 524 g/mol. The molecule has 2 aromatic heterocycles. The Bertz CT molecular complexity index is 1520. The van der Waals surface area contributed by atoms with E-state index in [0.29, 0.717) is 27.1 Å². The van der Waals surface area contributed by atoms with Crippen LogP contribution < -0.4 is 10.3 Å². The number of amides is 1. The molecule has 0 N–H and O–H groups in total. The van der Waals surface area contributed by atoms with E-state index in [9.17, 15) is 14.4 Å². The molecule has 0 radical (unpaired) electrons. The molecule has 1 unspecified atom stereocenters. The largest absolute Gasteiger partial charge is 0.465 e. The lowest BCUT2D eigenvalue weighted by Crippen LogP contribution is -2.29. The summed E-state index contributed by atoms with van der Waals surface area (Å²) in [4.78, 5) is 45.6. The summed E-state index contributed by atoms with van der Waals surface area (Å²) in [6.45, 7) is 3.57. The van der Waals surface area contributed by atoms with Crippen molar-refractivity contribution in [1.82, 2.24) is 4.98 Å². The smallest absolute Gasteiger partial charge is 0.350 e. The summed E-state index contributed by atoms with van der Waals surface area (Å²) in [5, 5.41) is 0.697. The van der Waals surface area contributed by atoms with Gasteiger partial charge in [0.1, 0.15) is 10.5 Å². The van der Waals surface area contributed by atoms with E-state index >= 15 is 0 Å². The number of ether oxygens (including phenoxy) is 1. The SMILES string of the molecule is COC(=O)c1sc(N2C(=O)c3oc4ccc(C)cc4c(=O)c3C2c2cccc(Br)c2)nc1C. The highest BCUT2D eigenvalue weighted by Crippen LogP contribution is 2.43. The Hall–Kier alpha value is -3.30. The van der Waals surface area contributed by atoms with Crippen molar-refractivity contribution in [2.24, 2.45) is 0 Å². The Labute approximate surface area is 200 Å². The number of benzene rings is 2. The zero-order valence-corrected chi connectivity index (χ0v) is 20.2. The fourth-order valence-corrected chi connectivity index (χ4v) is 5.47. The Balaban J connectivity index is 1.80. The fraction of sp³-hybridized carbons (Fsp3) is 0.167. The molecular formula is C24H17BrN2O5S. The van der Waals surface area contributed by atoms with Gasteiger partial charge in [0.05, 0.1) is 29.8 Å². The minimum atomic E-state index is -0.762. The maximum absolute atomic E-state index is 13.6. The normalized spacial score (nSPS) is 15.2. The average molecular weight is 525 g/mol. The zero-order valence-electron chi connectivity index (χ0n) is 17.8. The van der Waals surface area contributed by atoms with Crippen LogP contribution in [0.1, 0.15) is 48.7 Å². The van der Waals surface area contributed by atoms with E-state index in [4.69, 9.17) is 9.15 Å². The van der Waals surface area contributed by atoms with Gasteiger partial charge >= 0.3 is 5.97 Å². The molecule has 166 valence electrons. The number of esters is 1. The first kappa shape index (κ1) is 21.5. The van der Waals surface area contributed by atoms with Crippen LogP contribution in [0.2, 0.25) is 0 Å². The van der Waals surface area contributed by atoms with Crippen LogP contribution in [0.3, 0.4) is 0 Å². The van der Waals surface area contributed by atoms with Gasteiger partial charge in [-0.05, 0) is 43.7 Å². The highest BCUT2D eigenvalue weighted by Gasteiger charge is 2.45. The molecule has 0 aliphatic carbocycles. The third kappa shape index (κ3) is 3.39. The quantitative estimate of drug-likeness (QED) is 0.343. The molecule has 1 aliphatic rings. The van der Waals surface area contributed by atoms with Crippen molar-refractivity contribution in [2.45, 2.75) is 19.9 Å². The molecular weight excluding hydrogens is 508 g/mol. The van der Waals surface area contributed by atoms with Crippen molar-refractivity contribution in [2.75, 3.05) is 12.0 Å². The molecule has 1 atom stereocenters. The zero-order chi connectivity index (χ0) is 23.4. The standard InChI is InChI=1S/C24H17BrN2O5S/c1-11-7-8-16-15(9-11)19(28)17-18(13-5-4-6-14(25)10-13)27(22(29)20(17)32-16)24-26-12(2)21(33-24)23(30)31-3/h4-10,18H,1-3H3. The van der Waals surface area contributed by atoms with Crippen LogP contribution in [0.15, 0.2) is 56.1 Å². The molecule has 0 bridgehead atoms. The summed E-state index contributed by atoms with van der Waals surface area (Å²) in [6.07, 6.45) is 0. The van der Waals surface area contributed by atoms with Gasteiger partial charge in [-0.3, -0.25) is 14.5 Å². The maximum atomic E-state index is 13.6. The average Bonchev–Trinajstić information content (AvgIpc) is 3.31. The first-order valence-corrected chi connectivity index (χ1v) is 11.6. The third-order valence-electron chi connectivity index (χ3n) is 5.55. The first-order valence-electron chi connectivity index (χ1n) is 10.0. The van der Waals surface area contributed by atoms with Crippen molar-refractivity contribution in [3.05, 3.63) is 90.2 Å². The highest BCUT2D eigenvalue weighted by molar-refractivity contribution is 9.10. The molecule has 0 fully saturated rings. The Morgan fingerprint density at radius 1 is 1.18 bits per heavy atom. The van der Waals surface area contributed by atoms with E-state index in [1.807, 2.05) is 37.3 Å². The van der Waals surface area contributed by atoms with Crippen molar-refractivity contribution in [1.29, 1.82) is 0 Å². The maximum Gasteiger partial charge on any atom is 0.350 e. The number of hydrogen-bond donors (Lipinski definition) is 0. The second-order valence-corrected chi connectivity index (χ2v) is 9.60. The molecule has 3 heterocycles. The van der Waals surface area contributed by atoms with E-state index in [1.165, 1.54) is 12.0 Å². The van der Waals surface area contributed by atoms with Gasteiger partial charge in [-0.2, -0.15) is 0 Å². The number of carbonyl (C=O) groups excluding carboxylic acids is 2. The summed E-state index contributed by atoms with van der Waals surface area (Å²) in [7, 11) is 1.29. The van der Waals surface area contributed by atoms with Crippen molar-refractivity contribution >= 4 is 55.2 Å². The number of methoxy groups -OCH3 is 1. The number of fused-ring (bicyclic) bond motifs is 2. The van der Waals surface area contributed by atoms with Gasteiger partial charge in [0, 0.05) is 4.47 Å². The number of rotatable bonds is 3. The van der Waals surface area contributed by atoms with Crippen molar-refractivity contribution in [3.63, 3.8) is 0 Å². The molecule has 0 spiro atoms. The number of anilines is 1. The van der Waals surface area contributed by atoms with Crippen LogP contribution in [-0.2, 0) is 4.74 Å². The van der Waals surface area contributed by atoms with Gasteiger partial charge in [-0.25, -0.2) is 9.78 Å². The summed E-state index contributed by atoms with van der Waals surface area (Å²) in [5.74, 6) is -1.04. The minimum Gasteiger partial charge on any atom is -0.465 e. The van der Waals surface area contributed by atoms with Crippen LogP contribution in [0.4, 0.5) is 5.13 Å². The van der Waals surface area contributed by atoms with Crippen molar-refractivity contribution in [3.8, 4) is 0 Å². The van der Waals surface area contributed by atoms with Crippen LogP contribution in [-0.4, -0.2) is 24.0 Å². The van der Waals surface area contributed by atoms with E-state index < -0.39 is 17.9 Å². The number of carbonyl (C=O) groups is 2. The molecule has 7 nitrogen and oxygen atoms in total. The van der Waals surface area contributed by atoms with Gasteiger partial charge in [0.25, 0.3) is 5.91 Å². The molecule has 0 saturated heterocycles. The second kappa shape index (κ2) is 7.93. The summed E-state index contributed by atoms with van der Waals surface area (Å²) < 4.78 is 11.6. The number of aromatic nitrogens is 1. The Morgan fingerprint density at radius 3 is 2.70 bits per heavy atom. The lowest BCUT2D eigenvalue weighted by Gasteiger charge is -2.22. The molecule has 9 heteroatoms. The molecule has 4 aromatic rings. The Kier molecular flexibility index (Phi) is 5.18. The predicted octanol–water partition coefficient (Wildman–Crippen LogP) is 5.17. The number of nitrogens with zero attached hydrogens (tertiary/aromatic N) is 2. The number of halogens is 1. The third-order valence-corrected chi connectivity index (χ3v) is 7.18. The minimum absolute atomic E-state index is 0.0196. The molecule has 1 amide bonds. The fourth-order valence-electron chi connectivity index (χ4n) is 4.04. The van der Waals surface area contributed by atoms with Crippen LogP contribution in [0.5, 0.6) is 0 Å². The van der Waals surface area contributed by atoms with Crippen LogP contribution in [0, 0.1) is 13.8 Å². The molecule has 1 aliphatic heterocycles. The summed E-state index contributed by atoms with van der Waals surface area (Å²) in [6, 6.07) is 11.9. The van der Waals surface area contributed by atoms with Crippen LogP contribution in [0.25, 0.3) is 11.0 Å². The highest BCUT2D eigenvalue weighted by atomic mass is 79.9. The van der Waals surface area contributed by atoms with Crippen LogP contribution >= 0.6 is 27.3 Å². The van der Waals surface area contributed by atoms with Gasteiger partial charge in [0.15, 0.2) is 10.6 Å². The van der Waals surface area contributed by atoms with Crippen molar-refractivity contribution < 1.29 is 18.7 Å². The molecule has 33 heavy (non-hydrogen) atoms. The first-order chi connectivity index (χ1) is 15.8. The second-order valence-electron chi connectivity index (χ2n) is 7.71. The van der Waals surface area contributed by atoms with E-state index in [0.717, 1.165) is 21.4 Å². The summed E-state index contributed by atoms with van der Waals surface area (Å²) >= 11 is 4.52. The van der Waals surface area contributed by atoms with Gasteiger partial charge in [-0.1, -0.05) is 51.0 Å². The van der Waals surface area contributed by atoms with E-state index in [1.54, 1.807) is 19.1 Å². The predicted molar refractivity (Wildman–Crippen MR) is 128 cm³/mol. The summed E-state index contributed by atoms with van der Waals surface area (Å²) in [5.41, 5.74) is 2.40. The van der Waals surface area contributed by atoms with E-state index in [-0.39, 0.29) is 21.9 Å². The van der Waals surface area contributed by atoms with E-state index in [2.05, 4.69) is 20.9 Å². The molecule has 5 rings (SSSR count). The number of aryl methyl sites for hydroxylation is 2. The number of thiazole rings is 1. The molecule has 2 aromatic carbocycles. The van der Waals surface area contributed by atoms with Gasteiger partial charge < -0.3 is 9.15 Å². The topological polar surface area (TPSA) is 89.7 Å². The van der Waals surface area contributed by atoms with Gasteiger partial charge in [0.2, 0.25) is 5.76 Å². The van der Waals surface area contributed by atoms with Gasteiger partial charge in [-0.15, -0.1) is 0 Å². The lowest BCUT2D eigenvalue weighted by atomic mass is 9.98. The lowest BCUT2D eigenvalue weighted by molar-refractivity contribution is 0.0605. The molecule has 0 saturated carbocycles. The Morgan fingerprint density at radius 2 is 1.97 bits per heavy atom.